The van der Waals surface area contributed by atoms with Gasteiger partial charge in [-0.25, -0.2) is 4.98 Å². The molecular weight excluding hydrogens is 240 g/mol. The molecule has 0 unspecified atom stereocenters. The topological polar surface area (TPSA) is 72.9 Å². The molecule has 2 rings (SSSR count). The number of nitrogens with two attached hydrogens (primary N) is 1. The molecule has 0 aromatic carbocycles. The zero-order chi connectivity index (χ0) is 13.7. The lowest BCUT2D eigenvalue weighted by molar-refractivity contribution is 0.0917. The van der Waals surface area contributed by atoms with Gasteiger partial charge in [-0.2, -0.15) is 0 Å². The highest BCUT2D eigenvalue weighted by Crippen LogP contribution is 2.26. The number of imidazole rings is 1. The van der Waals surface area contributed by atoms with Gasteiger partial charge >= 0.3 is 0 Å². The van der Waals surface area contributed by atoms with Crippen LogP contribution in [-0.4, -0.2) is 28.0 Å². The van der Waals surface area contributed by atoms with Crippen molar-refractivity contribution in [3.63, 3.8) is 0 Å². The van der Waals surface area contributed by atoms with Gasteiger partial charge in [0.05, 0.1) is 6.33 Å². The monoisotopic (exact) mass is 264 g/mol. The lowest BCUT2D eigenvalue weighted by Gasteiger charge is -2.28. The number of hydrogen-bond acceptors (Lipinski definition) is 3. The Hall–Kier alpha value is -1.36. The van der Waals surface area contributed by atoms with Crippen LogP contribution in [0.1, 0.15) is 49.5 Å². The van der Waals surface area contributed by atoms with E-state index < -0.39 is 0 Å². The average Bonchev–Trinajstić information content (AvgIpc) is 2.89. The van der Waals surface area contributed by atoms with Gasteiger partial charge in [0, 0.05) is 25.3 Å². The smallest absolute Gasteiger partial charge is 0.271 e. The fourth-order valence-electron chi connectivity index (χ4n) is 2.72. The van der Waals surface area contributed by atoms with Crippen molar-refractivity contribution >= 4 is 5.91 Å². The zero-order valence-electron chi connectivity index (χ0n) is 11.6. The Balaban J connectivity index is 1.83. The second-order valence-corrected chi connectivity index (χ2v) is 5.38. The van der Waals surface area contributed by atoms with E-state index in [2.05, 4.69) is 17.2 Å². The van der Waals surface area contributed by atoms with E-state index in [0.717, 1.165) is 18.8 Å². The fraction of sp³-hybridized carbons (Fsp3) is 0.714. The molecule has 0 bridgehead atoms. The molecule has 1 heterocycles. The highest BCUT2D eigenvalue weighted by molar-refractivity contribution is 5.92. The molecule has 1 amide bonds. The van der Waals surface area contributed by atoms with Crippen molar-refractivity contribution in [1.29, 1.82) is 0 Å². The fourth-order valence-corrected chi connectivity index (χ4v) is 2.72. The first-order valence-electron chi connectivity index (χ1n) is 7.25. The van der Waals surface area contributed by atoms with E-state index in [9.17, 15) is 4.79 Å². The molecule has 1 fully saturated rings. The summed E-state index contributed by atoms with van der Waals surface area (Å²) in [4.78, 5) is 16.2. The summed E-state index contributed by atoms with van der Waals surface area (Å²) in [6, 6.07) is 0.315. The van der Waals surface area contributed by atoms with Crippen molar-refractivity contribution in [2.45, 2.75) is 51.6 Å². The maximum Gasteiger partial charge on any atom is 0.271 e. The van der Waals surface area contributed by atoms with Gasteiger partial charge in [0.25, 0.3) is 5.91 Å². The van der Waals surface area contributed by atoms with E-state index in [1.54, 1.807) is 12.5 Å². The third-order valence-corrected chi connectivity index (χ3v) is 4.01. The third-order valence-electron chi connectivity index (χ3n) is 4.01. The maximum atomic E-state index is 12.1. The number of nitrogens with one attached hydrogen (secondary N) is 1. The molecule has 0 aliphatic heterocycles. The number of carbonyl (C=O) groups is 1. The molecule has 0 spiro atoms. The Labute approximate surface area is 114 Å². The lowest BCUT2D eigenvalue weighted by atomic mass is 9.84. The van der Waals surface area contributed by atoms with Gasteiger partial charge in [-0.15, -0.1) is 0 Å². The zero-order valence-corrected chi connectivity index (χ0v) is 11.6. The first-order chi connectivity index (χ1) is 9.22. The summed E-state index contributed by atoms with van der Waals surface area (Å²) in [5.74, 6) is 0.785. The van der Waals surface area contributed by atoms with Gasteiger partial charge < -0.3 is 15.6 Å². The normalized spacial score (nSPS) is 23.3. The predicted molar refractivity (Wildman–Crippen MR) is 74.8 cm³/mol. The van der Waals surface area contributed by atoms with E-state index in [-0.39, 0.29) is 5.91 Å². The molecule has 1 saturated carbocycles. The van der Waals surface area contributed by atoms with Crippen LogP contribution in [0.5, 0.6) is 0 Å². The highest BCUT2D eigenvalue weighted by atomic mass is 16.2. The Kier molecular flexibility index (Phi) is 4.96. The summed E-state index contributed by atoms with van der Waals surface area (Å²) in [5.41, 5.74) is 5.96. The average molecular weight is 264 g/mol. The van der Waals surface area contributed by atoms with Crippen LogP contribution in [-0.2, 0) is 6.54 Å². The van der Waals surface area contributed by atoms with Crippen LogP contribution in [0, 0.1) is 5.92 Å². The van der Waals surface area contributed by atoms with Gasteiger partial charge in [-0.1, -0.05) is 13.3 Å². The van der Waals surface area contributed by atoms with Crippen molar-refractivity contribution in [2.24, 2.45) is 11.7 Å². The molecule has 1 aliphatic rings. The number of aromatic nitrogens is 2. The van der Waals surface area contributed by atoms with E-state index in [4.69, 9.17) is 5.73 Å². The van der Waals surface area contributed by atoms with Gasteiger partial charge in [0.2, 0.25) is 0 Å². The van der Waals surface area contributed by atoms with Crippen molar-refractivity contribution in [3.05, 3.63) is 18.2 Å². The SMILES string of the molecule is CCC1CCC(NC(=O)c2cn(CCN)cn2)CC1. The number of amides is 1. The summed E-state index contributed by atoms with van der Waals surface area (Å²) >= 11 is 0. The lowest BCUT2D eigenvalue weighted by Crippen LogP contribution is -2.37. The first kappa shape index (κ1) is 14.1. The molecule has 0 atom stereocenters. The molecule has 1 aromatic heterocycles. The van der Waals surface area contributed by atoms with Crippen LogP contribution >= 0.6 is 0 Å². The Morgan fingerprint density at radius 3 is 2.84 bits per heavy atom. The minimum absolute atomic E-state index is 0.0595. The van der Waals surface area contributed by atoms with Gasteiger partial charge in [-0.3, -0.25) is 4.79 Å². The van der Waals surface area contributed by atoms with E-state index >= 15 is 0 Å². The van der Waals surface area contributed by atoms with Gasteiger partial charge in [0.1, 0.15) is 5.69 Å². The van der Waals surface area contributed by atoms with Crippen LogP contribution in [0.25, 0.3) is 0 Å². The Bertz CT molecular complexity index is 407. The highest BCUT2D eigenvalue weighted by Gasteiger charge is 2.22. The molecule has 5 heteroatoms. The third kappa shape index (κ3) is 3.80. The van der Waals surface area contributed by atoms with E-state index in [1.165, 1.54) is 19.3 Å². The largest absolute Gasteiger partial charge is 0.348 e. The summed E-state index contributed by atoms with van der Waals surface area (Å²) in [5, 5.41) is 3.09. The minimum atomic E-state index is -0.0595. The van der Waals surface area contributed by atoms with Crippen LogP contribution in [0.2, 0.25) is 0 Å². The minimum Gasteiger partial charge on any atom is -0.348 e. The van der Waals surface area contributed by atoms with Crippen molar-refractivity contribution in [1.82, 2.24) is 14.9 Å². The van der Waals surface area contributed by atoms with Crippen LogP contribution in [0.3, 0.4) is 0 Å². The second kappa shape index (κ2) is 6.70. The molecule has 1 aromatic rings. The van der Waals surface area contributed by atoms with Crippen LogP contribution in [0.15, 0.2) is 12.5 Å². The molecule has 106 valence electrons. The molecule has 19 heavy (non-hydrogen) atoms. The van der Waals surface area contributed by atoms with E-state index in [1.807, 2.05) is 4.57 Å². The van der Waals surface area contributed by atoms with Crippen LogP contribution < -0.4 is 11.1 Å². The standard InChI is InChI=1S/C14H24N4O/c1-2-11-3-5-12(6-4-11)17-14(19)13-9-18(8-7-15)10-16-13/h9-12H,2-8,15H2,1H3,(H,17,19). The van der Waals surface area contributed by atoms with Crippen molar-refractivity contribution in [2.75, 3.05) is 6.54 Å². The second-order valence-electron chi connectivity index (χ2n) is 5.38. The summed E-state index contributed by atoms with van der Waals surface area (Å²) in [7, 11) is 0. The molecule has 3 N–H and O–H groups in total. The van der Waals surface area contributed by atoms with Crippen LogP contribution in [0.4, 0.5) is 0 Å². The maximum absolute atomic E-state index is 12.1. The molecule has 0 radical (unpaired) electrons. The predicted octanol–water partition coefficient (Wildman–Crippen LogP) is 1.54. The first-order valence-corrected chi connectivity index (χ1v) is 7.25. The number of carbonyl (C=O) groups excluding carboxylic acids is 1. The summed E-state index contributed by atoms with van der Waals surface area (Å²) < 4.78 is 1.85. The van der Waals surface area contributed by atoms with Crippen molar-refractivity contribution in [3.8, 4) is 0 Å². The number of rotatable bonds is 5. The molecule has 5 nitrogen and oxygen atoms in total. The van der Waals surface area contributed by atoms with Gasteiger partial charge in [0.15, 0.2) is 0 Å². The number of nitrogens with zero attached hydrogens (tertiary/aromatic N) is 2. The molecule has 1 aliphatic carbocycles. The number of hydrogen-bond donors (Lipinski definition) is 2. The van der Waals surface area contributed by atoms with E-state index in [0.29, 0.717) is 24.8 Å². The Morgan fingerprint density at radius 2 is 2.21 bits per heavy atom. The summed E-state index contributed by atoms with van der Waals surface area (Å²) in [6.07, 6.45) is 9.31. The summed E-state index contributed by atoms with van der Waals surface area (Å²) in [6.45, 7) is 3.49. The van der Waals surface area contributed by atoms with Crippen molar-refractivity contribution < 1.29 is 4.79 Å². The molecular formula is C14H24N4O. The van der Waals surface area contributed by atoms with Gasteiger partial charge in [-0.05, 0) is 31.6 Å². The molecule has 0 saturated heterocycles. The Morgan fingerprint density at radius 1 is 1.47 bits per heavy atom. The quantitative estimate of drug-likeness (QED) is 0.847.